The Bertz CT molecular complexity index is 455. The monoisotopic (exact) mass is 237 g/mol. The van der Waals surface area contributed by atoms with E-state index in [0.29, 0.717) is 30.9 Å². The van der Waals surface area contributed by atoms with Crippen molar-refractivity contribution in [2.45, 2.75) is 25.9 Å². The van der Waals surface area contributed by atoms with Crippen molar-refractivity contribution in [1.29, 1.82) is 0 Å². The van der Waals surface area contributed by atoms with Crippen LogP contribution >= 0.6 is 0 Å². The molecule has 1 N–H and O–H groups in total. The molecule has 92 valence electrons. The number of hydrogen-bond acceptors (Lipinski definition) is 5. The lowest BCUT2D eigenvalue weighted by molar-refractivity contribution is -0.385. The van der Waals surface area contributed by atoms with E-state index >= 15 is 0 Å². The summed E-state index contributed by atoms with van der Waals surface area (Å²) < 4.78 is 0. The predicted octanol–water partition coefficient (Wildman–Crippen LogP) is 1.26. The van der Waals surface area contributed by atoms with Gasteiger partial charge in [-0.15, -0.1) is 0 Å². The van der Waals surface area contributed by atoms with Crippen molar-refractivity contribution in [2.24, 2.45) is 0 Å². The molecule has 0 unspecified atom stereocenters. The fourth-order valence-electron chi connectivity index (χ4n) is 1.95. The second-order valence-corrected chi connectivity index (χ2v) is 4.52. The molecule has 1 fully saturated rings. The number of hydrogen-bond donors (Lipinski definition) is 1. The first kappa shape index (κ1) is 11.8. The molecule has 17 heavy (non-hydrogen) atoms. The summed E-state index contributed by atoms with van der Waals surface area (Å²) >= 11 is 0. The predicted molar refractivity (Wildman–Crippen MR) is 63.1 cm³/mol. The third kappa shape index (κ3) is 2.08. The van der Waals surface area contributed by atoms with Crippen LogP contribution in [0.3, 0.4) is 0 Å². The Balaban J connectivity index is 2.15. The number of aromatic nitrogens is 1. The van der Waals surface area contributed by atoms with Crippen LogP contribution in [-0.4, -0.2) is 33.7 Å². The highest BCUT2D eigenvalue weighted by molar-refractivity contribution is 5.51. The normalized spacial score (nSPS) is 17.7. The lowest BCUT2D eigenvalue weighted by Crippen LogP contribution is -2.61. The van der Waals surface area contributed by atoms with Crippen molar-refractivity contribution in [2.75, 3.05) is 18.0 Å². The number of nitrogens with zero attached hydrogens (tertiary/aromatic N) is 3. The minimum absolute atomic E-state index is 0.0278. The molecule has 0 amide bonds. The fourth-order valence-corrected chi connectivity index (χ4v) is 1.95. The molecule has 1 aromatic rings. The number of nitro groups is 1. The van der Waals surface area contributed by atoms with Crippen LogP contribution in [0.2, 0.25) is 0 Å². The van der Waals surface area contributed by atoms with Gasteiger partial charge in [0.05, 0.1) is 10.5 Å². The van der Waals surface area contributed by atoms with Crippen LogP contribution in [0.4, 0.5) is 11.5 Å². The van der Waals surface area contributed by atoms with Gasteiger partial charge in [-0.3, -0.25) is 10.1 Å². The van der Waals surface area contributed by atoms with E-state index in [1.165, 1.54) is 6.20 Å². The van der Waals surface area contributed by atoms with Crippen molar-refractivity contribution in [3.63, 3.8) is 0 Å². The molecule has 0 aliphatic carbocycles. The molecule has 6 nitrogen and oxygen atoms in total. The van der Waals surface area contributed by atoms with E-state index in [1.807, 2.05) is 11.8 Å². The van der Waals surface area contributed by atoms with Gasteiger partial charge in [0, 0.05) is 18.7 Å². The maximum Gasteiger partial charge on any atom is 0.290 e. The van der Waals surface area contributed by atoms with Crippen LogP contribution < -0.4 is 4.90 Å². The number of anilines is 1. The van der Waals surface area contributed by atoms with Gasteiger partial charge >= 0.3 is 0 Å². The minimum atomic E-state index is -0.628. The van der Waals surface area contributed by atoms with Crippen molar-refractivity contribution in [1.82, 2.24) is 4.98 Å². The maximum absolute atomic E-state index is 10.6. The first-order valence-electron chi connectivity index (χ1n) is 5.53. The first-order chi connectivity index (χ1) is 7.95. The summed E-state index contributed by atoms with van der Waals surface area (Å²) in [5, 5.41) is 20.5. The molecular weight excluding hydrogens is 222 g/mol. The molecule has 1 aliphatic rings. The summed E-state index contributed by atoms with van der Waals surface area (Å²) in [4.78, 5) is 16.2. The average molecular weight is 237 g/mol. The molecule has 2 rings (SSSR count). The zero-order chi connectivity index (χ0) is 12.6. The number of aliphatic hydroxyl groups is 1. The number of rotatable bonds is 3. The van der Waals surface area contributed by atoms with E-state index in [4.69, 9.17) is 0 Å². The highest BCUT2D eigenvalue weighted by atomic mass is 16.6. The van der Waals surface area contributed by atoms with Gasteiger partial charge in [0.2, 0.25) is 0 Å². The van der Waals surface area contributed by atoms with Crippen LogP contribution in [0, 0.1) is 17.0 Å². The standard InChI is InChI=1S/C11H15N3O3/c1-3-11(15)6-13(7-11)10-4-8(2)9(5-12-10)14(16)17/h4-5,15H,3,6-7H2,1-2H3. The largest absolute Gasteiger partial charge is 0.386 e. The first-order valence-corrected chi connectivity index (χ1v) is 5.53. The zero-order valence-electron chi connectivity index (χ0n) is 9.88. The molecule has 0 atom stereocenters. The van der Waals surface area contributed by atoms with E-state index in [1.54, 1.807) is 13.0 Å². The summed E-state index contributed by atoms with van der Waals surface area (Å²) in [5.74, 6) is 0.686. The lowest BCUT2D eigenvalue weighted by atomic mass is 9.91. The van der Waals surface area contributed by atoms with Crippen LogP contribution in [0.5, 0.6) is 0 Å². The Hall–Kier alpha value is -1.69. The quantitative estimate of drug-likeness (QED) is 0.632. The Morgan fingerprint density at radius 2 is 2.29 bits per heavy atom. The van der Waals surface area contributed by atoms with Gasteiger partial charge in [-0.1, -0.05) is 6.92 Å². The second-order valence-electron chi connectivity index (χ2n) is 4.52. The smallest absolute Gasteiger partial charge is 0.290 e. The topological polar surface area (TPSA) is 79.5 Å². The molecule has 0 spiro atoms. The molecule has 0 saturated carbocycles. The highest BCUT2D eigenvalue weighted by Gasteiger charge is 2.40. The molecule has 6 heteroatoms. The molecule has 1 aliphatic heterocycles. The summed E-state index contributed by atoms with van der Waals surface area (Å²) in [6.07, 6.45) is 1.98. The van der Waals surface area contributed by atoms with Crippen LogP contribution in [0.25, 0.3) is 0 Å². The van der Waals surface area contributed by atoms with Gasteiger partial charge in [-0.25, -0.2) is 4.98 Å². The summed E-state index contributed by atoms with van der Waals surface area (Å²) in [6, 6.07) is 1.69. The van der Waals surface area contributed by atoms with Crippen molar-refractivity contribution in [3.05, 3.63) is 27.9 Å². The molecule has 2 heterocycles. The van der Waals surface area contributed by atoms with Gasteiger partial charge in [-0.2, -0.15) is 0 Å². The van der Waals surface area contributed by atoms with Crippen LogP contribution in [0.15, 0.2) is 12.3 Å². The minimum Gasteiger partial charge on any atom is -0.386 e. The third-order valence-electron chi connectivity index (χ3n) is 3.22. The molecule has 1 aromatic heterocycles. The molecule has 0 aromatic carbocycles. The number of pyridine rings is 1. The lowest BCUT2D eigenvalue weighted by Gasteiger charge is -2.46. The van der Waals surface area contributed by atoms with E-state index < -0.39 is 10.5 Å². The van der Waals surface area contributed by atoms with Crippen LogP contribution in [0.1, 0.15) is 18.9 Å². The average Bonchev–Trinajstić information content (AvgIpc) is 2.24. The summed E-state index contributed by atoms with van der Waals surface area (Å²) in [5.41, 5.74) is -0.0101. The van der Waals surface area contributed by atoms with Crippen molar-refractivity contribution < 1.29 is 10.0 Å². The molecule has 0 radical (unpaired) electrons. The maximum atomic E-state index is 10.6. The van der Waals surface area contributed by atoms with Gasteiger partial charge in [-0.05, 0) is 19.4 Å². The Morgan fingerprint density at radius 3 is 2.76 bits per heavy atom. The van der Waals surface area contributed by atoms with E-state index in [2.05, 4.69) is 4.98 Å². The number of β-amino-alcohol motifs (C(OH)–C–C–N with tert-alkyl or cyclic N) is 1. The van der Waals surface area contributed by atoms with Gasteiger partial charge < -0.3 is 10.0 Å². The molecular formula is C11H15N3O3. The fraction of sp³-hybridized carbons (Fsp3) is 0.545. The Morgan fingerprint density at radius 1 is 1.65 bits per heavy atom. The van der Waals surface area contributed by atoms with Crippen molar-refractivity contribution >= 4 is 11.5 Å². The molecule has 1 saturated heterocycles. The molecule has 0 bridgehead atoms. The summed E-state index contributed by atoms with van der Waals surface area (Å²) in [7, 11) is 0. The van der Waals surface area contributed by atoms with E-state index in [0.717, 1.165) is 0 Å². The Labute approximate surface area is 99.0 Å². The van der Waals surface area contributed by atoms with Crippen molar-refractivity contribution in [3.8, 4) is 0 Å². The van der Waals surface area contributed by atoms with E-state index in [-0.39, 0.29) is 5.69 Å². The zero-order valence-corrected chi connectivity index (χ0v) is 9.88. The van der Waals surface area contributed by atoms with Gasteiger partial charge in [0.25, 0.3) is 5.69 Å². The highest BCUT2D eigenvalue weighted by Crippen LogP contribution is 2.30. The SMILES string of the molecule is CCC1(O)CN(c2cc(C)c([N+](=O)[O-])cn2)C1. The Kier molecular flexibility index (Phi) is 2.74. The van der Waals surface area contributed by atoms with E-state index in [9.17, 15) is 15.2 Å². The second kappa shape index (κ2) is 3.96. The third-order valence-corrected chi connectivity index (χ3v) is 3.22. The number of aryl methyl sites for hydroxylation is 1. The van der Waals surface area contributed by atoms with Gasteiger partial charge in [0.15, 0.2) is 0 Å². The summed E-state index contributed by atoms with van der Waals surface area (Å²) in [6.45, 7) is 4.70. The van der Waals surface area contributed by atoms with Crippen LogP contribution in [-0.2, 0) is 0 Å². The van der Waals surface area contributed by atoms with Gasteiger partial charge in [0.1, 0.15) is 12.0 Å².